The van der Waals surface area contributed by atoms with E-state index in [1.54, 1.807) is 36.4 Å². The molecule has 0 aliphatic carbocycles. The highest BCUT2D eigenvalue weighted by Crippen LogP contribution is 2.17. The molecule has 0 unspecified atom stereocenters. The summed E-state index contributed by atoms with van der Waals surface area (Å²) in [5.74, 6) is -0.197. The van der Waals surface area contributed by atoms with Crippen molar-refractivity contribution in [1.82, 2.24) is 0 Å². The monoisotopic (exact) mass is 352 g/mol. The zero-order chi connectivity index (χ0) is 13.0. The Balaban J connectivity index is 2.21. The SMILES string of the molecule is O=Cc1ccccc1OC(=O)c1ccc(I)cc1. The number of esters is 1. The first kappa shape index (κ1) is 12.8. The van der Waals surface area contributed by atoms with Gasteiger partial charge in [-0.05, 0) is 59.0 Å². The van der Waals surface area contributed by atoms with Crippen LogP contribution < -0.4 is 4.74 Å². The summed E-state index contributed by atoms with van der Waals surface area (Å²) >= 11 is 2.16. The molecular formula is C14H9IO3. The van der Waals surface area contributed by atoms with Crippen molar-refractivity contribution in [1.29, 1.82) is 0 Å². The minimum absolute atomic E-state index is 0.274. The number of halogens is 1. The van der Waals surface area contributed by atoms with Gasteiger partial charge >= 0.3 is 5.97 Å². The van der Waals surface area contributed by atoms with Gasteiger partial charge in [0.05, 0.1) is 11.1 Å². The van der Waals surface area contributed by atoms with Crippen molar-refractivity contribution in [2.45, 2.75) is 0 Å². The van der Waals surface area contributed by atoms with E-state index < -0.39 is 5.97 Å². The van der Waals surface area contributed by atoms with Crippen LogP contribution in [0.3, 0.4) is 0 Å². The van der Waals surface area contributed by atoms with Gasteiger partial charge in [0.1, 0.15) is 5.75 Å². The molecule has 0 aliphatic heterocycles. The highest BCUT2D eigenvalue weighted by Gasteiger charge is 2.10. The van der Waals surface area contributed by atoms with E-state index in [0.29, 0.717) is 17.4 Å². The normalized spacial score (nSPS) is 9.83. The Morgan fingerprint density at radius 2 is 1.72 bits per heavy atom. The van der Waals surface area contributed by atoms with Gasteiger partial charge in [0.25, 0.3) is 0 Å². The van der Waals surface area contributed by atoms with Crippen molar-refractivity contribution in [3.63, 3.8) is 0 Å². The average molecular weight is 352 g/mol. The maximum Gasteiger partial charge on any atom is 0.343 e. The van der Waals surface area contributed by atoms with E-state index in [0.717, 1.165) is 3.57 Å². The maximum absolute atomic E-state index is 11.9. The van der Waals surface area contributed by atoms with Gasteiger partial charge in [-0.2, -0.15) is 0 Å². The van der Waals surface area contributed by atoms with E-state index >= 15 is 0 Å². The van der Waals surface area contributed by atoms with E-state index in [-0.39, 0.29) is 5.75 Å². The molecule has 0 heterocycles. The summed E-state index contributed by atoms with van der Waals surface area (Å²) in [5.41, 5.74) is 0.812. The molecule has 0 N–H and O–H groups in total. The second-order valence-electron chi connectivity index (χ2n) is 3.55. The number of carbonyl (C=O) groups excluding carboxylic acids is 2. The van der Waals surface area contributed by atoms with Crippen LogP contribution in [-0.2, 0) is 0 Å². The van der Waals surface area contributed by atoms with Crippen LogP contribution in [0.15, 0.2) is 48.5 Å². The van der Waals surface area contributed by atoms with Gasteiger partial charge < -0.3 is 4.74 Å². The van der Waals surface area contributed by atoms with Crippen LogP contribution >= 0.6 is 22.6 Å². The van der Waals surface area contributed by atoms with Crippen LogP contribution in [-0.4, -0.2) is 12.3 Å². The predicted octanol–water partition coefficient (Wildman–Crippen LogP) is 3.32. The first-order valence-electron chi connectivity index (χ1n) is 5.22. The van der Waals surface area contributed by atoms with E-state index in [1.807, 2.05) is 12.1 Å². The standard InChI is InChI=1S/C14H9IO3/c15-12-7-5-10(6-8-12)14(17)18-13-4-2-1-3-11(13)9-16/h1-9H. The van der Waals surface area contributed by atoms with Crippen LogP contribution in [0.25, 0.3) is 0 Å². The van der Waals surface area contributed by atoms with Gasteiger partial charge in [-0.15, -0.1) is 0 Å². The lowest BCUT2D eigenvalue weighted by Gasteiger charge is -2.06. The van der Waals surface area contributed by atoms with Crippen molar-refractivity contribution in [2.75, 3.05) is 0 Å². The quantitative estimate of drug-likeness (QED) is 0.368. The van der Waals surface area contributed by atoms with Gasteiger partial charge in [0.2, 0.25) is 0 Å². The molecule has 18 heavy (non-hydrogen) atoms. The zero-order valence-corrected chi connectivity index (χ0v) is 11.5. The molecule has 0 atom stereocenters. The third-order valence-electron chi connectivity index (χ3n) is 2.33. The number of carbonyl (C=O) groups is 2. The summed E-state index contributed by atoms with van der Waals surface area (Å²) in [6, 6.07) is 13.6. The summed E-state index contributed by atoms with van der Waals surface area (Å²) in [4.78, 5) is 22.7. The number of rotatable bonds is 3. The van der Waals surface area contributed by atoms with Crippen molar-refractivity contribution in [3.8, 4) is 5.75 Å². The molecule has 2 rings (SSSR count). The first-order chi connectivity index (χ1) is 8.70. The Hall–Kier alpha value is -1.69. The molecule has 0 radical (unpaired) electrons. The summed E-state index contributed by atoms with van der Waals surface area (Å²) in [6.45, 7) is 0. The number of ether oxygens (including phenoxy) is 1. The largest absolute Gasteiger partial charge is 0.422 e. The van der Waals surface area contributed by atoms with E-state index in [4.69, 9.17) is 4.74 Å². The van der Waals surface area contributed by atoms with Crippen LogP contribution in [0.5, 0.6) is 5.75 Å². The van der Waals surface area contributed by atoms with Gasteiger partial charge in [0.15, 0.2) is 6.29 Å². The van der Waals surface area contributed by atoms with Gasteiger partial charge in [-0.1, -0.05) is 12.1 Å². The topological polar surface area (TPSA) is 43.4 Å². The minimum atomic E-state index is -0.472. The summed E-state index contributed by atoms with van der Waals surface area (Å²) in [5, 5.41) is 0. The Morgan fingerprint density at radius 1 is 1.06 bits per heavy atom. The molecule has 90 valence electrons. The Kier molecular flexibility index (Phi) is 4.09. The van der Waals surface area contributed by atoms with E-state index in [1.165, 1.54) is 0 Å². The molecule has 0 bridgehead atoms. The second-order valence-corrected chi connectivity index (χ2v) is 4.80. The van der Waals surface area contributed by atoms with Gasteiger partial charge in [-0.25, -0.2) is 4.79 Å². The van der Waals surface area contributed by atoms with Crippen molar-refractivity contribution < 1.29 is 14.3 Å². The Morgan fingerprint density at radius 3 is 2.39 bits per heavy atom. The third-order valence-corrected chi connectivity index (χ3v) is 3.05. The number of aldehydes is 1. The molecule has 4 heteroatoms. The number of hydrogen-bond donors (Lipinski definition) is 0. The lowest BCUT2D eigenvalue weighted by atomic mass is 10.2. The van der Waals surface area contributed by atoms with E-state index in [2.05, 4.69) is 22.6 Å². The van der Waals surface area contributed by atoms with Crippen LogP contribution in [0.1, 0.15) is 20.7 Å². The minimum Gasteiger partial charge on any atom is -0.422 e. The highest BCUT2D eigenvalue weighted by molar-refractivity contribution is 14.1. The van der Waals surface area contributed by atoms with Crippen molar-refractivity contribution in [2.24, 2.45) is 0 Å². The van der Waals surface area contributed by atoms with Gasteiger partial charge in [-0.3, -0.25) is 4.79 Å². The fraction of sp³-hybridized carbons (Fsp3) is 0. The molecule has 0 aromatic heterocycles. The molecule has 0 spiro atoms. The fourth-order valence-corrected chi connectivity index (χ4v) is 1.78. The molecule has 0 saturated heterocycles. The molecule has 2 aromatic rings. The van der Waals surface area contributed by atoms with E-state index in [9.17, 15) is 9.59 Å². The average Bonchev–Trinajstić information content (AvgIpc) is 2.40. The summed E-state index contributed by atoms with van der Waals surface area (Å²) in [7, 11) is 0. The fourth-order valence-electron chi connectivity index (χ4n) is 1.42. The number of para-hydroxylation sites is 1. The van der Waals surface area contributed by atoms with Crippen molar-refractivity contribution >= 4 is 34.8 Å². The maximum atomic E-state index is 11.9. The first-order valence-corrected chi connectivity index (χ1v) is 6.30. The Labute approximate surface area is 118 Å². The zero-order valence-electron chi connectivity index (χ0n) is 9.30. The lowest BCUT2D eigenvalue weighted by Crippen LogP contribution is -2.09. The third kappa shape index (κ3) is 2.95. The molecule has 0 aliphatic rings. The predicted molar refractivity (Wildman–Crippen MR) is 75.9 cm³/mol. The van der Waals surface area contributed by atoms with Crippen LogP contribution in [0.4, 0.5) is 0 Å². The van der Waals surface area contributed by atoms with Crippen LogP contribution in [0, 0.1) is 3.57 Å². The molecule has 3 nitrogen and oxygen atoms in total. The second kappa shape index (κ2) is 5.77. The van der Waals surface area contributed by atoms with Crippen molar-refractivity contribution in [3.05, 3.63) is 63.2 Å². The van der Waals surface area contributed by atoms with Gasteiger partial charge in [0, 0.05) is 3.57 Å². The number of hydrogen-bond acceptors (Lipinski definition) is 3. The number of benzene rings is 2. The molecule has 0 amide bonds. The smallest absolute Gasteiger partial charge is 0.343 e. The Bertz CT molecular complexity index is 576. The van der Waals surface area contributed by atoms with Crippen LogP contribution in [0.2, 0.25) is 0 Å². The molecular weight excluding hydrogens is 343 g/mol. The summed E-state index contributed by atoms with van der Waals surface area (Å²) < 4.78 is 6.23. The lowest BCUT2D eigenvalue weighted by molar-refractivity contribution is 0.0733. The molecule has 2 aromatic carbocycles. The summed E-state index contributed by atoms with van der Waals surface area (Å²) in [6.07, 6.45) is 0.663. The molecule has 0 saturated carbocycles. The molecule has 0 fully saturated rings. The highest BCUT2D eigenvalue weighted by atomic mass is 127.